The third-order valence-corrected chi connectivity index (χ3v) is 3.53. The number of hydrogen-bond acceptors (Lipinski definition) is 4. The van der Waals surface area contributed by atoms with Crippen molar-refractivity contribution in [1.29, 1.82) is 0 Å². The average molecular weight is 338 g/mol. The Morgan fingerprint density at radius 3 is 2.62 bits per heavy atom. The smallest absolute Gasteiger partial charge is 0.253 e. The summed E-state index contributed by atoms with van der Waals surface area (Å²) in [5, 5.41) is 5.75. The first-order valence-corrected chi connectivity index (χ1v) is 8.00. The van der Waals surface area contributed by atoms with Gasteiger partial charge in [-0.1, -0.05) is 0 Å². The Labute approximate surface area is 129 Å². The number of sulfonamides is 1. The van der Waals surface area contributed by atoms with Crippen LogP contribution < -0.4 is 15.4 Å². The Hall–Kier alpha value is -1.38. The van der Waals surface area contributed by atoms with E-state index in [0.717, 1.165) is 31.5 Å². The van der Waals surface area contributed by atoms with Gasteiger partial charge >= 0.3 is 0 Å². The minimum atomic E-state index is -3.53. The van der Waals surface area contributed by atoms with E-state index in [1.54, 1.807) is 0 Å². The van der Waals surface area contributed by atoms with Crippen molar-refractivity contribution in [2.45, 2.75) is 0 Å². The van der Waals surface area contributed by atoms with Gasteiger partial charge in [0.1, 0.15) is 5.82 Å². The van der Waals surface area contributed by atoms with E-state index in [1.807, 2.05) is 0 Å². The number of anilines is 1. The first kappa shape index (κ1) is 17.7. The van der Waals surface area contributed by atoms with Crippen molar-refractivity contribution in [2.75, 3.05) is 30.6 Å². The van der Waals surface area contributed by atoms with E-state index < -0.39 is 21.7 Å². The van der Waals surface area contributed by atoms with E-state index in [0.29, 0.717) is 12.5 Å². The lowest BCUT2D eigenvalue weighted by molar-refractivity contribution is 0.0942. The summed E-state index contributed by atoms with van der Waals surface area (Å²) in [4.78, 5) is 12.0. The maximum atomic E-state index is 13.2. The van der Waals surface area contributed by atoms with Crippen molar-refractivity contribution in [3.05, 3.63) is 29.6 Å². The molecule has 1 aromatic rings. The summed E-state index contributed by atoms with van der Waals surface area (Å²) < 4.78 is 37.9. The molecule has 2 rings (SSSR count). The molecule has 0 aliphatic carbocycles. The predicted octanol–water partition coefficient (Wildman–Crippen LogP) is 0.568. The fourth-order valence-electron chi connectivity index (χ4n) is 1.82. The van der Waals surface area contributed by atoms with Gasteiger partial charge in [-0.15, -0.1) is 12.4 Å². The molecule has 9 heteroatoms. The first-order chi connectivity index (χ1) is 9.35. The maximum absolute atomic E-state index is 13.2. The molecule has 1 amide bonds. The van der Waals surface area contributed by atoms with Crippen LogP contribution in [0.5, 0.6) is 0 Å². The Bertz CT molecular complexity index is 620. The molecule has 6 nitrogen and oxygen atoms in total. The third kappa shape index (κ3) is 5.14. The first-order valence-electron chi connectivity index (χ1n) is 6.11. The van der Waals surface area contributed by atoms with Crippen LogP contribution in [0.3, 0.4) is 0 Å². The highest BCUT2D eigenvalue weighted by molar-refractivity contribution is 7.92. The molecule has 0 aromatic heterocycles. The van der Waals surface area contributed by atoms with Gasteiger partial charge in [0, 0.05) is 25.6 Å². The van der Waals surface area contributed by atoms with Crippen LogP contribution in [-0.2, 0) is 10.0 Å². The van der Waals surface area contributed by atoms with Crippen LogP contribution in [0.1, 0.15) is 10.4 Å². The summed E-state index contributed by atoms with van der Waals surface area (Å²) in [5.74, 6) is -0.735. The minimum absolute atomic E-state index is 0. The maximum Gasteiger partial charge on any atom is 0.253 e. The standard InChI is InChI=1S/C12H16FN3O3S.ClH/c1-20(18,19)16-11-3-2-9(13)4-10(11)12(17)15-7-8-5-14-6-8;/h2-4,8,14,16H,5-7H2,1H3,(H,15,17);1H. The molecule has 1 aliphatic rings. The summed E-state index contributed by atoms with van der Waals surface area (Å²) >= 11 is 0. The van der Waals surface area contributed by atoms with E-state index in [2.05, 4.69) is 15.4 Å². The van der Waals surface area contributed by atoms with Crippen molar-refractivity contribution in [2.24, 2.45) is 5.92 Å². The average Bonchev–Trinajstić information content (AvgIpc) is 2.27. The summed E-state index contributed by atoms with van der Waals surface area (Å²) in [6.07, 6.45) is 0.970. The molecule has 118 valence electrons. The van der Waals surface area contributed by atoms with Gasteiger partial charge in [-0.2, -0.15) is 0 Å². The molecule has 1 heterocycles. The van der Waals surface area contributed by atoms with Crippen LogP contribution in [0.25, 0.3) is 0 Å². The van der Waals surface area contributed by atoms with Gasteiger partial charge in [0.05, 0.1) is 17.5 Å². The third-order valence-electron chi connectivity index (χ3n) is 2.94. The topological polar surface area (TPSA) is 87.3 Å². The predicted molar refractivity (Wildman–Crippen MR) is 80.8 cm³/mol. The van der Waals surface area contributed by atoms with Crippen LogP contribution in [0.2, 0.25) is 0 Å². The number of benzene rings is 1. The second kappa shape index (κ2) is 7.06. The molecule has 0 unspecified atom stereocenters. The molecule has 0 saturated carbocycles. The lowest BCUT2D eigenvalue weighted by Gasteiger charge is -2.27. The molecule has 1 fully saturated rings. The minimum Gasteiger partial charge on any atom is -0.352 e. The van der Waals surface area contributed by atoms with E-state index in [9.17, 15) is 17.6 Å². The molecule has 1 saturated heterocycles. The molecule has 1 aromatic carbocycles. The molecule has 0 radical (unpaired) electrons. The number of nitrogens with one attached hydrogen (secondary N) is 3. The zero-order valence-corrected chi connectivity index (χ0v) is 13.0. The van der Waals surface area contributed by atoms with E-state index in [-0.39, 0.29) is 23.7 Å². The summed E-state index contributed by atoms with van der Waals surface area (Å²) in [7, 11) is -3.53. The van der Waals surface area contributed by atoms with Crippen LogP contribution in [0.4, 0.5) is 10.1 Å². The van der Waals surface area contributed by atoms with Crippen molar-refractivity contribution >= 4 is 34.0 Å². The van der Waals surface area contributed by atoms with Gasteiger partial charge in [0.15, 0.2) is 0 Å². The lowest BCUT2D eigenvalue weighted by Crippen LogP contribution is -2.48. The van der Waals surface area contributed by atoms with Gasteiger partial charge in [-0.25, -0.2) is 12.8 Å². The molecule has 21 heavy (non-hydrogen) atoms. The normalized spacial score (nSPS) is 14.8. The fraction of sp³-hybridized carbons (Fsp3) is 0.417. The zero-order chi connectivity index (χ0) is 14.8. The molecule has 3 N–H and O–H groups in total. The molecular formula is C12H17ClFN3O3S. The van der Waals surface area contributed by atoms with Gasteiger partial charge in [-0.3, -0.25) is 9.52 Å². The zero-order valence-electron chi connectivity index (χ0n) is 11.3. The monoisotopic (exact) mass is 337 g/mol. The largest absolute Gasteiger partial charge is 0.352 e. The molecule has 0 atom stereocenters. The highest BCUT2D eigenvalue weighted by atomic mass is 35.5. The highest BCUT2D eigenvalue weighted by Crippen LogP contribution is 2.18. The Kier molecular flexibility index (Phi) is 5.94. The number of carbonyl (C=O) groups is 1. The Morgan fingerprint density at radius 1 is 1.43 bits per heavy atom. The number of halogens is 2. The van der Waals surface area contributed by atoms with Gasteiger partial charge in [0.2, 0.25) is 10.0 Å². The number of hydrogen-bond donors (Lipinski definition) is 3. The van der Waals surface area contributed by atoms with Gasteiger partial charge < -0.3 is 10.6 Å². The molecule has 1 aliphatic heterocycles. The molecule has 0 spiro atoms. The van der Waals surface area contributed by atoms with Crippen molar-refractivity contribution < 1.29 is 17.6 Å². The number of amides is 1. The van der Waals surface area contributed by atoms with Crippen LogP contribution in [0, 0.1) is 11.7 Å². The summed E-state index contributed by atoms with van der Waals surface area (Å²) in [6.45, 7) is 2.14. The van der Waals surface area contributed by atoms with Crippen molar-refractivity contribution in [3.63, 3.8) is 0 Å². The SMILES string of the molecule is CS(=O)(=O)Nc1ccc(F)cc1C(=O)NCC1CNC1.Cl. The quantitative estimate of drug-likeness (QED) is 0.733. The van der Waals surface area contributed by atoms with E-state index in [4.69, 9.17) is 0 Å². The summed E-state index contributed by atoms with van der Waals surface area (Å²) in [6, 6.07) is 3.35. The number of carbonyl (C=O) groups excluding carboxylic acids is 1. The van der Waals surface area contributed by atoms with Gasteiger partial charge in [-0.05, 0) is 18.2 Å². The molecular weight excluding hydrogens is 321 g/mol. The Morgan fingerprint density at radius 2 is 2.10 bits per heavy atom. The Balaban J connectivity index is 0.00000220. The van der Waals surface area contributed by atoms with Crippen LogP contribution in [-0.4, -0.2) is 40.2 Å². The van der Waals surface area contributed by atoms with E-state index in [1.165, 1.54) is 6.07 Å². The van der Waals surface area contributed by atoms with Crippen LogP contribution in [0.15, 0.2) is 18.2 Å². The number of rotatable bonds is 5. The second-order valence-corrected chi connectivity index (χ2v) is 6.55. The summed E-state index contributed by atoms with van der Waals surface area (Å²) in [5.41, 5.74) is 0.0424. The van der Waals surface area contributed by atoms with Crippen molar-refractivity contribution in [3.8, 4) is 0 Å². The van der Waals surface area contributed by atoms with E-state index >= 15 is 0 Å². The van der Waals surface area contributed by atoms with Crippen molar-refractivity contribution in [1.82, 2.24) is 10.6 Å². The second-order valence-electron chi connectivity index (χ2n) is 4.80. The van der Waals surface area contributed by atoms with Crippen LogP contribution >= 0.6 is 12.4 Å². The van der Waals surface area contributed by atoms with Gasteiger partial charge in [0.25, 0.3) is 5.91 Å². The fourth-order valence-corrected chi connectivity index (χ4v) is 2.40. The lowest BCUT2D eigenvalue weighted by atomic mass is 10.0. The highest BCUT2D eigenvalue weighted by Gasteiger charge is 2.20. The molecule has 0 bridgehead atoms.